The summed E-state index contributed by atoms with van der Waals surface area (Å²) in [5.41, 5.74) is 9.98. The molecule has 5 heteroatoms. The molecule has 4 nitrogen and oxygen atoms in total. The number of hydrogen-bond donors (Lipinski definition) is 2. The van der Waals surface area contributed by atoms with E-state index >= 15 is 0 Å². The van der Waals surface area contributed by atoms with Gasteiger partial charge in [-0.25, -0.2) is 4.98 Å². The fourth-order valence-corrected chi connectivity index (χ4v) is 2.96. The van der Waals surface area contributed by atoms with E-state index in [0.29, 0.717) is 22.4 Å². The van der Waals surface area contributed by atoms with Gasteiger partial charge < -0.3 is 10.8 Å². The zero-order valence-electron chi connectivity index (χ0n) is 12.9. The second-order valence-corrected chi connectivity index (χ2v) is 6.37. The first-order valence-electron chi connectivity index (χ1n) is 7.26. The number of nitrogens with zero attached hydrogens (tertiary/aromatic N) is 2. The van der Waals surface area contributed by atoms with Gasteiger partial charge in [-0.15, -0.1) is 0 Å². The van der Waals surface area contributed by atoms with E-state index in [2.05, 4.69) is 27.0 Å². The van der Waals surface area contributed by atoms with Gasteiger partial charge in [-0.2, -0.15) is 5.26 Å². The highest BCUT2D eigenvalue weighted by Crippen LogP contribution is 2.35. The lowest BCUT2D eigenvalue weighted by atomic mass is 9.97. The molecule has 0 spiro atoms. The SMILES string of the molecule is Cc1ccc(O)c(-c2cc(-c3cccc(Br)c3)c(C#N)c(N)n2)c1. The lowest BCUT2D eigenvalue weighted by Crippen LogP contribution is -2.00. The van der Waals surface area contributed by atoms with Gasteiger partial charge in [-0.3, -0.25) is 0 Å². The number of rotatable bonds is 2. The molecule has 3 N–H and O–H groups in total. The van der Waals surface area contributed by atoms with E-state index in [-0.39, 0.29) is 11.6 Å². The Bertz CT molecular complexity index is 977. The van der Waals surface area contributed by atoms with Crippen molar-refractivity contribution in [3.8, 4) is 34.2 Å². The normalized spacial score (nSPS) is 10.4. The highest BCUT2D eigenvalue weighted by atomic mass is 79.9. The maximum Gasteiger partial charge on any atom is 0.142 e. The van der Waals surface area contributed by atoms with Crippen LogP contribution in [-0.4, -0.2) is 10.1 Å². The molecule has 0 saturated carbocycles. The number of hydrogen-bond acceptors (Lipinski definition) is 4. The minimum absolute atomic E-state index is 0.123. The molecule has 0 amide bonds. The summed E-state index contributed by atoms with van der Waals surface area (Å²) < 4.78 is 0.902. The van der Waals surface area contributed by atoms with E-state index in [9.17, 15) is 10.4 Å². The third-order valence-corrected chi connectivity index (χ3v) is 4.22. The van der Waals surface area contributed by atoms with E-state index in [1.165, 1.54) is 0 Å². The van der Waals surface area contributed by atoms with Crippen LogP contribution < -0.4 is 5.73 Å². The fourth-order valence-electron chi connectivity index (χ4n) is 2.56. The van der Waals surface area contributed by atoms with Crippen LogP contribution in [0.4, 0.5) is 5.82 Å². The molecule has 24 heavy (non-hydrogen) atoms. The summed E-state index contributed by atoms with van der Waals surface area (Å²) in [5.74, 6) is 0.267. The molecule has 2 aromatic carbocycles. The lowest BCUT2D eigenvalue weighted by Gasteiger charge is -2.12. The van der Waals surface area contributed by atoms with Crippen LogP contribution in [-0.2, 0) is 0 Å². The van der Waals surface area contributed by atoms with Crippen LogP contribution in [0.25, 0.3) is 22.4 Å². The molecule has 0 radical (unpaired) electrons. The van der Waals surface area contributed by atoms with Crippen LogP contribution in [0.1, 0.15) is 11.1 Å². The molecular weight excluding hydrogens is 366 g/mol. The van der Waals surface area contributed by atoms with Crippen LogP contribution in [0.15, 0.2) is 53.0 Å². The zero-order valence-corrected chi connectivity index (χ0v) is 14.5. The number of pyridine rings is 1. The topological polar surface area (TPSA) is 82.9 Å². The van der Waals surface area contributed by atoms with Gasteiger partial charge in [0, 0.05) is 15.6 Å². The Hall–Kier alpha value is -2.84. The highest BCUT2D eigenvalue weighted by Gasteiger charge is 2.15. The highest BCUT2D eigenvalue weighted by molar-refractivity contribution is 9.10. The van der Waals surface area contributed by atoms with Crippen LogP contribution in [0.3, 0.4) is 0 Å². The van der Waals surface area contributed by atoms with Crippen molar-refractivity contribution in [1.82, 2.24) is 4.98 Å². The minimum atomic E-state index is 0.123. The van der Waals surface area contributed by atoms with E-state index < -0.39 is 0 Å². The Balaban J connectivity index is 2.28. The molecule has 118 valence electrons. The molecule has 0 fully saturated rings. The maximum atomic E-state index is 10.2. The quantitative estimate of drug-likeness (QED) is 0.678. The Morgan fingerprint density at radius 1 is 1.12 bits per heavy atom. The lowest BCUT2D eigenvalue weighted by molar-refractivity contribution is 0.477. The average Bonchev–Trinajstić information content (AvgIpc) is 2.56. The molecule has 0 saturated heterocycles. The molecule has 3 aromatic rings. The summed E-state index contributed by atoms with van der Waals surface area (Å²) in [6.45, 7) is 1.94. The number of phenolic OH excluding ortho intramolecular Hbond substituents is 1. The van der Waals surface area contributed by atoms with Gasteiger partial charge >= 0.3 is 0 Å². The Morgan fingerprint density at radius 2 is 1.92 bits per heavy atom. The van der Waals surface area contributed by atoms with Crippen molar-refractivity contribution >= 4 is 21.7 Å². The predicted octanol–water partition coefficient (Wildman–Crippen LogP) is 4.65. The number of nitrogen functional groups attached to an aromatic ring is 1. The van der Waals surface area contributed by atoms with Crippen molar-refractivity contribution in [2.75, 3.05) is 5.73 Å². The summed E-state index contributed by atoms with van der Waals surface area (Å²) in [7, 11) is 0. The Morgan fingerprint density at radius 3 is 2.62 bits per heavy atom. The molecular formula is C19H14BrN3O. The summed E-state index contributed by atoms with van der Waals surface area (Å²) in [4.78, 5) is 4.31. The molecule has 3 rings (SSSR count). The number of halogens is 1. The first-order valence-corrected chi connectivity index (χ1v) is 8.05. The van der Waals surface area contributed by atoms with Crippen molar-refractivity contribution in [3.05, 3.63) is 64.1 Å². The second kappa shape index (κ2) is 6.34. The summed E-state index contributed by atoms with van der Waals surface area (Å²) in [5, 5.41) is 19.6. The van der Waals surface area contributed by atoms with Crippen molar-refractivity contribution in [2.24, 2.45) is 0 Å². The molecule has 1 heterocycles. The van der Waals surface area contributed by atoms with Gasteiger partial charge in [-0.05, 0) is 42.8 Å². The summed E-state index contributed by atoms with van der Waals surface area (Å²) >= 11 is 3.44. The van der Waals surface area contributed by atoms with Crippen LogP contribution in [0.5, 0.6) is 5.75 Å². The van der Waals surface area contributed by atoms with E-state index in [4.69, 9.17) is 5.73 Å². The van der Waals surface area contributed by atoms with E-state index in [1.54, 1.807) is 12.1 Å². The van der Waals surface area contributed by atoms with Gasteiger partial charge in [0.2, 0.25) is 0 Å². The third-order valence-electron chi connectivity index (χ3n) is 3.72. The van der Waals surface area contributed by atoms with Crippen LogP contribution in [0.2, 0.25) is 0 Å². The number of anilines is 1. The molecule has 0 aliphatic heterocycles. The first-order chi connectivity index (χ1) is 11.5. The largest absolute Gasteiger partial charge is 0.507 e. The molecule has 1 aromatic heterocycles. The standard InChI is InChI=1S/C19H14BrN3O/c1-11-5-6-18(24)15(7-11)17-9-14(16(10-21)19(22)23-17)12-3-2-4-13(20)8-12/h2-9,24H,1H3,(H2,22,23). The number of nitrogens with two attached hydrogens (primary N) is 1. The van der Waals surface area contributed by atoms with Gasteiger partial charge in [-0.1, -0.05) is 39.7 Å². The number of nitriles is 1. The van der Waals surface area contributed by atoms with Gasteiger partial charge in [0.05, 0.1) is 5.69 Å². The van der Waals surface area contributed by atoms with Crippen LogP contribution in [0, 0.1) is 18.3 Å². The van der Waals surface area contributed by atoms with E-state index in [1.807, 2.05) is 43.3 Å². The molecule has 0 bridgehead atoms. The zero-order chi connectivity index (χ0) is 17.3. The Kier molecular flexibility index (Phi) is 4.24. The third kappa shape index (κ3) is 2.97. The van der Waals surface area contributed by atoms with E-state index in [0.717, 1.165) is 15.6 Å². The molecule has 0 aliphatic carbocycles. The number of phenols is 1. The van der Waals surface area contributed by atoms with Crippen molar-refractivity contribution in [1.29, 1.82) is 5.26 Å². The van der Waals surface area contributed by atoms with Gasteiger partial charge in [0.15, 0.2) is 0 Å². The fraction of sp³-hybridized carbons (Fsp3) is 0.0526. The van der Waals surface area contributed by atoms with Crippen molar-refractivity contribution < 1.29 is 5.11 Å². The minimum Gasteiger partial charge on any atom is -0.507 e. The molecule has 0 atom stereocenters. The Labute approximate surface area is 148 Å². The molecule has 0 unspecified atom stereocenters. The van der Waals surface area contributed by atoms with Crippen LogP contribution >= 0.6 is 15.9 Å². The van der Waals surface area contributed by atoms with Crippen molar-refractivity contribution in [2.45, 2.75) is 6.92 Å². The van der Waals surface area contributed by atoms with Gasteiger partial charge in [0.25, 0.3) is 0 Å². The maximum absolute atomic E-state index is 10.2. The monoisotopic (exact) mass is 379 g/mol. The van der Waals surface area contributed by atoms with Crippen molar-refractivity contribution in [3.63, 3.8) is 0 Å². The summed E-state index contributed by atoms with van der Waals surface area (Å²) in [6.07, 6.45) is 0. The second-order valence-electron chi connectivity index (χ2n) is 5.46. The number of benzene rings is 2. The number of aryl methyl sites for hydroxylation is 1. The smallest absolute Gasteiger partial charge is 0.142 e. The van der Waals surface area contributed by atoms with Gasteiger partial charge in [0.1, 0.15) is 23.2 Å². The first kappa shape index (κ1) is 16.0. The molecule has 0 aliphatic rings. The average molecular weight is 380 g/mol. The predicted molar refractivity (Wildman–Crippen MR) is 98.3 cm³/mol. The number of aromatic hydroxyl groups is 1. The summed E-state index contributed by atoms with van der Waals surface area (Å²) in [6, 6.07) is 16.8. The number of aromatic nitrogens is 1.